The van der Waals surface area contributed by atoms with Crippen molar-refractivity contribution in [1.29, 1.82) is 0 Å². The minimum absolute atomic E-state index is 0.106. The van der Waals surface area contributed by atoms with E-state index in [0.29, 0.717) is 5.75 Å². The van der Waals surface area contributed by atoms with Gasteiger partial charge in [0.05, 0.1) is 0 Å². The highest BCUT2D eigenvalue weighted by atomic mass is 19.1. The van der Waals surface area contributed by atoms with Crippen molar-refractivity contribution in [2.45, 2.75) is 6.92 Å². The van der Waals surface area contributed by atoms with Gasteiger partial charge in [0.15, 0.2) is 11.6 Å². The fraction of sp³-hybridized carbons (Fsp3) is 0.0769. The highest BCUT2D eigenvalue weighted by Crippen LogP contribution is 2.25. The van der Waals surface area contributed by atoms with Crippen LogP contribution >= 0.6 is 0 Å². The lowest BCUT2D eigenvalue weighted by molar-refractivity contribution is 0.436. The summed E-state index contributed by atoms with van der Waals surface area (Å²) >= 11 is 0. The predicted molar refractivity (Wildman–Crippen MR) is 57.6 cm³/mol. The molecular weight excluding hydrogens is 210 g/mol. The molecule has 1 nitrogen and oxygen atoms in total. The summed E-state index contributed by atoms with van der Waals surface area (Å²) in [6.45, 7) is 1.90. The van der Waals surface area contributed by atoms with Gasteiger partial charge < -0.3 is 4.74 Å². The maximum atomic E-state index is 13.3. The number of halogens is 2. The van der Waals surface area contributed by atoms with Gasteiger partial charge in [0.2, 0.25) is 0 Å². The Morgan fingerprint density at radius 3 is 2.56 bits per heavy atom. The molecule has 0 fully saturated rings. The normalized spacial score (nSPS) is 10.2. The zero-order valence-electron chi connectivity index (χ0n) is 8.71. The Balaban J connectivity index is 2.30. The molecule has 0 aromatic heterocycles. The second-order valence-corrected chi connectivity index (χ2v) is 3.49. The molecule has 0 atom stereocenters. The molecule has 16 heavy (non-hydrogen) atoms. The molecule has 3 heteroatoms. The smallest absolute Gasteiger partial charge is 0.165 e. The topological polar surface area (TPSA) is 9.23 Å². The average Bonchev–Trinajstić information content (AvgIpc) is 2.24. The van der Waals surface area contributed by atoms with Gasteiger partial charge in [0, 0.05) is 6.07 Å². The lowest BCUT2D eigenvalue weighted by Gasteiger charge is -2.07. The summed E-state index contributed by atoms with van der Waals surface area (Å²) in [7, 11) is 0. The van der Waals surface area contributed by atoms with Gasteiger partial charge in [-0.25, -0.2) is 8.78 Å². The average molecular weight is 220 g/mol. The summed E-state index contributed by atoms with van der Waals surface area (Å²) in [5.41, 5.74) is 0.995. The molecule has 0 saturated heterocycles. The number of aryl methyl sites for hydroxylation is 1. The first-order valence-corrected chi connectivity index (χ1v) is 4.85. The summed E-state index contributed by atoms with van der Waals surface area (Å²) in [6.07, 6.45) is 0. The Kier molecular flexibility index (Phi) is 2.86. The molecule has 0 unspecified atom stereocenters. The maximum absolute atomic E-state index is 13.3. The highest BCUT2D eigenvalue weighted by Gasteiger charge is 2.06. The van der Waals surface area contributed by atoms with Crippen LogP contribution in [0.2, 0.25) is 0 Å². The van der Waals surface area contributed by atoms with Crippen LogP contribution in [0.4, 0.5) is 8.78 Å². The van der Waals surface area contributed by atoms with E-state index in [1.165, 1.54) is 0 Å². The van der Waals surface area contributed by atoms with Crippen molar-refractivity contribution >= 4 is 0 Å². The molecule has 0 N–H and O–H groups in total. The quantitative estimate of drug-likeness (QED) is 0.741. The number of ether oxygens (including phenoxy) is 1. The Morgan fingerprint density at radius 2 is 1.81 bits per heavy atom. The summed E-state index contributed by atoms with van der Waals surface area (Å²) in [4.78, 5) is 0. The Morgan fingerprint density at radius 1 is 1.00 bits per heavy atom. The monoisotopic (exact) mass is 220 g/mol. The van der Waals surface area contributed by atoms with Crippen molar-refractivity contribution in [1.82, 2.24) is 0 Å². The van der Waals surface area contributed by atoms with Crippen LogP contribution in [0.1, 0.15) is 5.56 Å². The molecule has 0 aliphatic rings. The van der Waals surface area contributed by atoms with Crippen LogP contribution in [0.3, 0.4) is 0 Å². The first-order chi connectivity index (χ1) is 7.65. The van der Waals surface area contributed by atoms with Gasteiger partial charge >= 0.3 is 0 Å². The Bertz CT molecular complexity index is 509. The van der Waals surface area contributed by atoms with Crippen LogP contribution < -0.4 is 4.74 Å². The van der Waals surface area contributed by atoms with Crippen molar-refractivity contribution in [3.8, 4) is 11.5 Å². The Labute approximate surface area is 92.3 Å². The van der Waals surface area contributed by atoms with E-state index < -0.39 is 11.6 Å². The Hall–Kier alpha value is -1.90. The van der Waals surface area contributed by atoms with Crippen LogP contribution in [0.15, 0.2) is 42.5 Å². The van der Waals surface area contributed by atoms with Crippen molar-refractivity contribution in [2.75, 3.05) is 0 Å². The fourth-order valence-electron chi connectivity index (χ4n) is 1.36. The van der Waals surface area contributed by atoms with E-state index >= 15 is 0 Å². The van der Waals surface area contributed by atoms with E-state index in [4.69, 9.17) is 4.74 Å². The lowest BCUT2D eigenvalue weighted by atomic mass is 10.2. The van der Waals surface area contributed by atoms with Crippen LogP contribution in [-0.2, 0) is 0 Å². The summed E-state index contributed by atoms with van der Waals surface area (Å²) < 4.78 is 31.4. The largest absolute Gasteiger partial charge is 0.454 e. The molecule has 0 radical (unpaired) electrons. The zero-order valence-corrected chi connectivity index (χ0v) is 8.71. The summed E-state index contributed by atoms with van der Waals surface area (Å²) in [6, 6.07) is 10.3. The fourth-order valence-corrected chi connectivity index (χ4v) is 1.36. The molecule has 82 valence electrons. The first-order valence-electron chi connectivity index (χ1n) is 4.85. The van der Waals surface area contributed by atoms with Crippen molar-refractivity contribution in [3.63, 3.8) is 0 Å². The van der Waals surface area contributed by atoms with E-state index in [0.717, 1.165) is 23.8 Å². The minimum atomic E-state index is -0.581. The lowest BCUT2D eigenvalue weighted by Crippen LogP contribution is -1.89. The van der Waals surface area contributed by atoms with Crippen molar-refractivity contribution < 1.29 is 13.5 Å². The van der Waals surface area contributed by atoms with Gasteiger partial charge in [0.1, 0.15) is 11.6 Å². The van der Waals surface area contributed by atoms with Crippen LogP contribution in [-0.4, -0.2) is 0 Å². The van der Waals surface area contributed by atoms with Crippen LogP contribution in [0.25, 0.3) is 0 Å². The molecule has 0 amide bonds. The molecule has 2 aromatic rings. The van der Waals surface area contributed by atoms with Gasteiger partial charge in [-0.05, 0) is 36.8 Å². The molecule has 0 heterocycles. The SMILES string of the molecule is Cc1cccc(Oc2cc(F)ccc2F)c1. The first kappa shape index (κ1) is 10.6. The van der Waals surface area contributed by atoms with Crippen LogP contribution in [0, 0.1) is 18.6 Å². The van der Waals surface area contributed by atoms with E-state index in [1.807, 2.05) is 13.0 Å². The standard InChI is InChI=1S/C13H10F2O/c1-9-3-2-4-11(7-9)16-13-8-10(14)5-6-12(13)15/h2-8H,1H3. The van der Waals surface area contributed by atoms with Crippen molar-refractivity contribution in [2.24, 2.45) is 0 Å². The van der Waals surface area contributed by atoms with E-state index in [1.54, 1.807) is 18.2 Å². The molecule has 0 spiro atoms. The summed E-state index contributed by atoms with van der Waals surface area (Å²) in [5, 5.41) is 0. The molecule has 0 aliphatic carbocycles. The van der Waals surface area contributed by atoms with Gasteiger partial charge in [-0.3, -0.25) is 0 Å². The third kappa shape index (κ3) is 2.37. The molecule has 2 rings (SSSR count). The third-order valence-electron chi connectivity index (χ3n) is 2.11. The minimum Gasteiger partial charge on any atom is -0.454 e. The number of rotatable bonds is 2. The molecular formula is C13H10F2O. The maximum Gasteiger partial charge on any atom is 0.165 e. The van der Waals surface area contributed by atoms with E-state index in [-0.39, 0.29) is 5.75 Å². The number of hydrogen-bond acceptors (Lipinski definition) is 1. The molecule has 0 saturated carbocycles. The molecule has 2 aromatic carbocycles. The number of hydrogen-bond donors (Lipinski definition) is 0. The molecule has 0 bridgehead atoms. The second-order valence-electron chi connectivity index (χ2n) is 3.49. The van der Waals surface area contributed by atoms with Gasteiger partial charge in [-0.1, -0.05) is 12.1 Å². The predicted octanol–water partition coefficient (Wildman–Crippen LogP) is 4.07. The van der Waals surface area contributed by atoms with Crippen LogP contribution in [0.5, 0.6) is 11.5 Å². The third-order valence-corrected chi connectivity index (χ3v) is 2.11. The van der Waals surface area contributed by atoms with E-state index in [9.17, 15) is 8.78 Å². The van der Waals surface area contributed by atoms with Gasteiger partial charge in [0.25, 0.3) is 0 Å². The number of benzene rings is 2. The molecule has 0 aliphatic heterocycles. The second kappa shape index (κ2) is 4.31. The summed E-state index contributed by atoms with van der Waals surface area (Å²) in [5.74, 6) is -0.720. The zero-order chi connectivity index (χ0) is 11.5. The van der Waals surface area contributed by atoms with Crippen molar-refractivity contribution in [3.05, 3.63) is 59.7 Å². The highest BCUT2D eigenvalue weighted by molar-refractivity contribution is 5.34. The van der Waals surface area contributed by atoms with E-state index in [2.05, 4.69) is 0 Å². The van der Waals surface area contributed by atoms with Gasteiger partial charge in [-0.15, -0.1) is 0 Å². The van der Waals surface area contributed by atoms with Gasteiger partial charge in [-0.2, -0.15) is 0 Å².